The van der Waals surface area contributed by atoms with Crippen LogP contribution in [0.5, 0.6) is 0 Å². The van der Waals surface area contributed by atoms with Crippen LogP contribution >= 0.6 is 0 Å². The second-order valence-corrected chi connectivity index (χ2v) is 6.48. The van der Waals surface area contributed by atoms with Crippen LogP contribution in [0.25, 0.3) is 10.8 Å². The molecule has 2 aromatic carbocycles. The quantitative estimate of drug-likeness (QED) is 0.506. The highest BCUT2D eigenvalue weighted by atomic mass is 14.6. The second kappa shape index (κ2) is 9.63. The number of rotatable bonds is 10. The van der Waals surface area contributed by atoms with E-state index >= 15 is 0 Å². The van der Waals surface area contributed by atoms with Gasteiger partial charge in [0, 0.05) is 6.04 Å². The van der Waals surface area contributed by atoms with E-state index in [1.165, 1.54) is 67.7 Å². The van der Waals surface area contributed by atoms with Gasteiger partial charge in [0.1, 0.15) is 0 Å². The van der Waals surface area contributed by atoms with Crippen molar-refractivity contribution in [1.29, 1.82) is 0 Å². The minimum Gasteiger partial charge on any atom is -0.324 e. The Hall–Kier alpha value is -1.34. The van der Waals surface area contributed by atoms with Crippen molar-refractivity contribution in [1.82, 2.24) is 0 Å². The van der Waals surface area contributed by atoms with Crippen LogP contribution < -0.4 is 5.73 Å². The third-order valence-corrected chi connectivity index (χ3v) is 4.57. The Morgan fingerprint density at radius 3 is 2.14 bits per heavy atom. The maximum Gasteiger partial charge on any atom is 0.0295 e. The van der Waals surface area contributed by atoms with Gasteiger partial charge in [0.15, 0.2) is 0 Å². The van der Waals surface area contributed by atoms with Crippen molar-refractivity contribution in [2.75, 3.05) is 0 Å². The lowest BCUT2D eigenvalue weighted by Gasteiger charge is -2.13. The van der Waals surface area contributed by atoms with Crippen molar-refractivity contribution in [2.24, 2.45) is 5.73 Å². The van der Waals surface area contributed by atoms with Crippen molar-refractivity contribution in [3.05, 3.63) is 48.0 Å². The first-order valence-electron chi connectivity index (χ1n) is 9.05. The van der Waals surface area contributed by atoms with Gasteiger partial charge in [0.2, 0.25) is 0 Å². The van der Waals surface area contributed by atoms with E-state index in [-0.39, 0.29) is 6.04 Å². The molecular formula is C21H31N. The van der Waals surface area contributed by atoms with E-state index in [9.17, 15) is 0 Å². The molecule has 0 bridgehead atoms. The molecule has 1 atom stereocenters. The van der Waals surface area contributed by atoms with Crippen molar-refractivity contribution in [3.8, 4) is 0 Å². The predicted molar refractivity (Wildman–Crippen MR) is 98.1 cm³/mol. The summed E-state index contributed by atoms with van der Waals surface area (Å²) in [7, 11) is 0. The summed E-state index contributed by atoms with van der Waals surface area (Å²) in [6.45, 7) is 2.27. The van der Waals surface area contributed by atoms with Crippen molar-refractivity contribution < 1.29 is 0 Å². The number of nitrogens with two attached hydrogens (primary N) is 1. The summed E-state index contributed by atoms with van der Waals surface area (Å²) in [4.78, 5) is 0. The molecule has 0 saturated carbocycles. The van der Waals surface area contributed by atoms with Crippen LogP contribution in [0.2, 0.25) is 0 Å². The van der Waals surface area contributed by atoms with Gasteiger partial charge in [-0.3, -0.25) is 0 Å². The van der Waals surface area contributed by atoms with E-state index in [1.54, 1.807) is 0 Å². The van der Waals surface area contributed by atoms with Crippen LogP contribution in [0.3, 0.4) is 0 Å². The van der Waals surface area contributed by atoms with Crippen molar-refractivity contribution in [2.45, 2.75) is 70.8 Å². The molecule has 120 valence electrons. The smallest absolute Gasteiger partial charge is 0.0295 e. The van der Waals surface area contributed by atoms with E-state index in [0.29, 0.717) is 0 Å². The van der Waals surface area contributed by atoms with E-state index in [0.717, 1.165) is 6.42 Å². The number of hydrogen-bond donors (Lipinski definition) is 1. The third kappa shape index (κ3) is 5.46. The predicted octanol–water partition coefficient (Wildman–Crippen LogP) is 6.37. The zero-order valence-electron chi connectivity index (χ0n) is 14.1. The van der Waals surface area contributed by atoms with E-state index < -0.39 is 0 Å². The number of unbranched alkanes of at least 4 members (excludes halogenated alkanes) is 7. The van der Waals surface area contributed by atoms with Gasteiger partial charge >= 0.3 is 0 Å². The zero-order chi connectivity index (χ0) is 15.6. The van der Waals surface area contributed by atoms with Crippen molar-refractivity contribution in [3.63, 3.8) is 0 Å². The molecule has 0 saturated heterocycles. The fourth-order valence-corrected chi connectivity index (χ4v) is 3.10. The highest BCUT2D eigenvalue weighted by Gasteiger charge is 2.06. The van der Waals surface area contributed by atoms with E-state index in [4.69, 9.17) is 5.73 Å². The van der Waals surface area contributed by atoms with Gasteiger partial charge in [-0.1, -0.05) is 94.7 Å². The van der Waals surface area contributed by atoms with Gasteiger partial charge in [-0.05, 0) is 28.8 Å². The van der Waals surface area contributed by atoms with E-state index in [1.807, 2.05) is 0 Å². The number of fused-ring (bicyclic) bond motifs is 1. The molecule has 0 fully saturated rings. The first-order valence-corrected chi connectivity index (χ1v) is 9.05. The largest absolute Gasteiger partial charge is 0.324 e. The molecule has 1 unspecified atom stereocenters. The van der Waals surface area contributed by atoms with Gasteiger partial charge in [-0.15, -0.1) is 0 Å². The minimum absolute atomic E-state index is 0.185. The Morgan fingerprint density at radius 1 is 0.773 bits per heavy atom. The lowest BCUT2D eigenvalue weighted by Crippen LogP contribution is -2.09. The molecule has 0 aliphatic carbocycles. The Morgan fingerprint density at radius 2 is 1.41 bits per heavy atom. The topological polar surface area (TPSA) is 26.0 Å². The fourth-order valence-electron chi connectivity index (χ4n) is 3.10. The highest BCUT2D eigenvalue weighted by Crippen LogP contribution is 2.22. The SMILES string of the molecule is CCCCCCCCCCC(N)c1ccc2ccccc2c1. The summed E-state index contributed by atoms with van der Waals surface area (Å²) >= 11 is 0. The van der Waals surface area contributed by atoms with Crippen LogP contribution in [-0.4, -0.2) is 0 Å². The molecule has 1 nitrogen and oxygen atoms in total. The molecule has 0 amide bonds. The molecule has 0 radical (unpaired) electrons. The summed E-state index contributed by atoms with van der Waals surface area (Å²) < 4.78 is 0. The van der Waals surface area contributed by atoms with Gasteiger partial charge in [-0.2, -0.15) is 0 Å². The molecule has 2 N–H and O–H groups in total. The lowest BCUT2D eigenvalue weighted by molar-refractivity contribution is 0.536. The third-order valence-electron chi connectivity index (χ3n) is 4.57. The van der Waals surface area contributed by atoms with Gasteiger partial charge in [0.25, 0.3) is 0 Å². The van der Waals surface area contributed by atoms with Gasteiger partial charge in [-0.25, -0.2) is 0 Å². The Labute approximate surface area is 135 Å². The summed E-state index contributed by atoms with van der Waals surface area (Å²) in [5.41, 5.74) is 7.65. The van der Waals surface area contributed by atoms with Crippen LogP contribution in [0.15, 0.2) is 42.5 Å². The Balaban J connectivity index is 1.69. The molecule has 22 heavy (non-hydrogen) atoms. The minimum atomic E-state index is 0.185. The summed E-state index contributed by atoms with van der Waals surface area (Å²) in [5.74, 6) is 0. The van der Waals surface area contributed by atoms with Crippen molar-refractivity contribution >= 4 is 10.8 Å². The second-order valence-electron chi connectivity index (χ2n) is 6.48. The van der Waals surface area contributed by atoms with Gasteiger partial charge < -0.3 is 5.73 Å². The first-order chi connectivity index (χ1) is 10.8. The van der Waals surface area contributed by atoms with Gasteiger partial charge in [0.05, 0.1) is 0 Å². The Bertz CT molecular complexity index is 546. The summed E-state index contributed by atoms with van der Waals surface area (Å²) in [6.07, 6.45) is 12.0. The molecule has 1 heteroatoms. The maximum atomic E-state index is 6.37. The summed E-state index contributed by atoms with van der Waals surface area (Å²) in [5, 5.41) is 2.59. The average Bonchev–Trinajstić information content (AvgIpc) is 2.56. The number of benzene rings is 2. The van der Waals surface area contributed by atoms with Crippen LogP contribution in [0.1, 0.15) is 76.3 Å². The maximum absolute atomic E-state index is 6.37. The van der Waals surface area contributed by atoms with Crippen LogP contribution in [0.4, 0.5) is 0 Å². The molecule has 0 aliphatic heterocycles. The zero-order valence-corrected chi connectivity index (χ0v) is 14.1. The average molecular weight is 297 g/mol. The fraction of sp³-hybridized carbons (Fsp3) is 0.524. The lowest BCUT2D eigenvalue weighted by atomic mass is 9.98. The highest BCUT2D eigenvalue weighted by molar-refractivity contribution is 5.83. The van der Waals surface area contributed by atoms with E-state index in [2.05, 4.69) is 49.4 Å². The monoisotopic (exact) mass is 297 g/mol. The Kier molecular flexibility index (Phi) is 7.45. The molecule has 0 aromatic heterocycles. The normalized spacial score (nSPS) is 12.6. The molecule has 0 aliphatic rings. The molecule has 0 heterocycles. The van der Waals surface area contributed by atoms with Crippen LogP contribution in [0, 0.1) is 0 Å². The first kappa shape index (κ1) is 17.0. The number of hydrogen-bond acceptors (Lipinski definition) is 1. The standard InChI is InChI=1S/C21H31N/c1-2-3-4-5-6-7-8-9-14-21(22)20-16-15-18-12-10-11-13-19(18)17-20/h10-13,15-17,21H,2-9,14,22H2,1H3. The molecule has 0 spiro atoms. The molecule has 2 aromatic rings. The molecular weight excluding hydrogens is 266 g/mol. The van der Waals surface area contributed by atoms with Crippen LogP contribution in [-0.2, 0) is 0 Å². The molecule has 2 rings (SSSR count). The summed E-state index contributed by atoms with van der Waals surface area (Å²) in [6, 6.07) is 15.3.